The van der Waals surface area contributed by atoms with E-state index >= 15 is 0 Å². The van der Waals surface area contributed by atoms with Crippen LogP contribution in [0, 0.1) is 0 Å². The van der Waals surface area contributed by atoms with Crippen LogP contribution < -0.4 is 0 Å². The fourth-order valence-corrected chi connectivity index (χ4v) is 8.00. The van der Waals surface area contributed by atoms with Gasteiger partial charge in [0.25, 0.3) is 0 Å². The number of pyridine rings is 1. The molecule has 0 radical (unpaired) electrons. The van der Waals surface area contributed by atoms with E-state index in [4.69, 9.17) is 4.98 Å². The molecule has 0 atom stereocenters. The fraction of sp³-hybridized carbons (Fsp3) is 0. The summed E-state index contributed by atoms with van der Waals surface area (Å²) in [6.07, 6.45) is 1.95. The molecule has 2 aromatic heterocycles. The van der Waals surface area contributed by atoms with E-state index in [9.17, 15) is 0 Å². The van der Waals surface area contributed by atoms with E-state index < -0.39 is 0 Å². The molecule has 0 spiro atoms. The van der Waals surface area contributed by atoms with Crippen LogP contribution >= 0.6 is 0 Å². The molecule has 51 heavy (non-hydrogen) atoms. The van der Waals surface area contributed by atoms with Crippen LogP contribution in [0.3, 0.4) is 0 Å². The summed E-state index contributed by atoms with van der Waals surface area (Å²) >= 11 is 0. The SMILES string of the molecule is c1ccc(-c2ccc(-c3ccccc3)n2-c2ccc3c(-c4nccc5ccccc45)c4ccccc4c(-c4cccc5ccccc45)c3c2)cc1. The van der Waals surface area contributed by atoms with E-state index in [-0.39, 0.29) is 0 Å². The van der Waals surface area contributed by atoms with E-state index in [0.717, 1.165) is 33.7 Å². The van der Waals surface area contributed by atoms with Crippen molar-refractivity contribution < 1.29 is 0 Å². The number of benzene rings is 8. The van der Waals surface area contributed by atoms with Gasteiger partial charge in [0.2, 0.25) is 0 Å². The Balaban J connectivity index is 1.37. The lowest BCUT2D eigenvalue weighted by atomic mass is 9.85. The van der Waals surface area contributed by atoms with Gasteiger partial charge in [-0.3, -0.25) is 4.98 Å². The number of rotatable bonds is 5. The van der Waals surface area contributed by atoms with E-state index in [0.29, 0.717) is 0 Å². The average molecular weight is 649 g/mol. The highest BCUT2D eigenvalue weighted by atomic mass is 15.0. The van der Waals surface area contributed by atoms with Crippen LogP contribution in [0.2, 0.25) is 0 Å². The average Bonchev–Trinajstić information content (AvgIpc) is 3.66. The molecule has 0 N–H and O–H groups in total. The molecule has 0 amide bonds. The first-order chi connectivity index (χ1) is 25.3. The summed E-state index contributed by atoms with van der Waals surface area (Å²) in [5.74, 6) is 0. The second kappa shape index (κ2) is 12.0. The quantitative estimate of drug-likeness (QED) is 0.170. The summed E-state index contributed by atoms with van der Waals surface area (Å²) < 4.78 is 2.42. The Kier molecular flexibility index (Phi) is 6.85. The molecule has 0 saturated heterocycles. The minimum atomic E-state index is 1.00. The van der Waals surface area contributed by atoms with Gasteiger partial charge in [-0.15, -0.1) is 0 Å². The van der Waals surface area contributed by atoms with Gasteiger partial charge in [-0.05, 0) is 90.3 Å². The van der Waals surface area contributed by atoms with Gasteiger partial charge in [0.1, 0.15) is 0 Å². The molecule has 0 fully saturated rings. The molecule has 2 heteroatoms. The van der Waals surface area contributed by atoms with Crippen LogP contribution in [-0.4, -0.2) is 9.55 Å². The Bertz CT molecular complexity index is 2830. The van der Waals surface area contributed by atoms with E-state index in [1.165, 1.54) is 60.0 Å². The van der Waals surface area contributed by atoms with Crippen molar-refractivity contribution in [3.63, 3.8) is 0 Å². The zero-order chi connectivity index (χ0) is 33.7. The lowest BCUT2D eigenvalue weighted by Crippen LogP contribution is -2.01. The number of hydrogen-bond acceptors (Lipinski definition) is 1. The topological polar surface area (TPSA) is 17.8 Å². The lowest BCUT2D eigenvalue weighted by Gasteiger charge is -2.21. The fourth-order valence-electron chi connectivity index (χ4n) is 8.00. The van der Waals surface area contributed by atoms with Crippen LogP contribution in [0.15, 0.2) is 194 Å². The van der Waals surface area contributed by atoms with Gasteiger partial charge in [-0.1, -0.05) is 158 Å². The molecule has 0 saturated carbocycles. The van der Waals surface area contributed by atoms with Gasteiger partial charge in [-0.25, -0.2) is 0 Å². The van der Waals surface area contributed by atoms with Crippen molar-refractivity contribution in [1.82, 2.24) is 9.55 Å². The first-order valence-electron chi connectivity index (χ1n) is 17.5. The molecular weight excluding hydrogens is 617 g/mol. The summed E-state index contributed by atoms with van der Waals surface area (Å²) in [6.45, 7) is 0. The number of nitrogens with zero attached hydrogens (tertiary/aromatic N) is 2. The van der Waals surface area contributed by atoms with Gasteiger partial charge in [0.15, 0.2) is 0 Å². The highest BCUT2D eigenvalue weighted by molar-refractivity contribution is 6.25. The van der Waals surface area contributed by atoms with Gasteiger partial charge < -0.3 is 4.57 Å². The summed E-state index contributed by atoms with van der Waals surface area (Å²) in [5.41, 5.74) is 10.4. The molecule has 0 aliphatic rings. The van der Waals surface area contributed by atoms with Gasteiger partial charge in [-0.2, -0.15) is 0 Å². The molecular formula is C49H32N2. The van der Waals surface area contributed by atoms with Crippen LogP contribution in [0.4, 0.5) is 0 Å². The van der Waals surface area contributed by atoms with Crippen molar-refractivity contribution in [2.45, 2.75) is 0 Å². The Morgan fingerprint density at radius 3 is 1.57 bits per heavy atom. The monoisotopic (exact) mass is 648 g/mol. The third-order valence-corrected chi connectivity index (χ3v) is 10.3. The molecule has 8 aromatic carbocycles. The standard InChI is InChI=1S/C49H32N2/c1-3-16-35(17-4-1)45-28-29-46(36-18-5-2-6-19-36)51(45)37-26-27-43-44(32-37)47(40-25-13-20-33-14-7-9-21-38(33)40)41-23-11-12-24-42(41)48(43)49-39-22-10-8-15-34(39)30-31-50-49/h1-32H. The molecule has 2 heterocycles. The number of hydrogen-bond donors (Lipinski definition) is 0. The molecule has 0 unspecified atom stereocenters. The minimum absolute atomic E-state index is 1.00. The van der Waals surface area contributed by atoms with E-state index in [2.05, 4.69) is 193 Å². The Labute approximate surface area is 296 Å². The lowest BCUT2D eigenvalue weighted by molar-refractivity contribution is 1.10. The first-order valence-corrected chi connectivity index (χ1v) is 17.5. The molecule has 0 aliphatic heterocycles. The van der Waals surface area contributed by atoms with E-state index in [1.54, 1.807) is 0 Å². The Morgan fingerprint density at radius 1 is 0.353 bits per heavy atom. The van der Waals surface area contributed by atoms with E-state index in [1.807, 2.05) is 6.20 Å². The predicted octanol–water partition coefficient (Wildman–Crippen LogP) is 13.2. The highest BCUT2D eigenvalue weighted by Crippen LogP contribution is 2.47. The second-order valence-electron chi connectivity index (χ2n) is 13.1. The maximum absolute atomic E-state index is 5.10. The maximum Gasteiger partial charge on any atom is 0.0792 e. The molecule has 238 valence electrons. The van der Waals surface area contributed by atoms with Crippen LogP contribution in [-0.2, 0) is 0 Å². The summed E-state index contributed by atoms with van der Waals surface area (Å²) in [4.78, 5) is 5.10. The van der Waals surface area contributed by atoms with Gasteiger partial charge >= 0.3 is 0 Å². The van der Waals surface area contributed by atoms with Crippen LogP contribution in [0.5, 0.6) is 0 Å². The van der Waals surface area contributed by atoms with Crippen molar-refractivity contribution in [3.05, 3.63) is 194 Å². The van der Waals surface area contributed by atoms with Crippen molar-refractivity contribution in [2.75, 3.05) is 0 Å². The third-order valence-electron chi connectivity index (χ3n) is 10.3. The van der Waals surface area contributed by atoms with Crippen LogP contribution in [0.25, 0.3) is 93.7 Å². The Morgan fingerprint density at radius 2 is 0.882 bits per heavy atom. The molecule has 10 rings (SSSR count). The normalized spacial score (nSPS) is 11.5. The molecule has 10 aromatic rings. The number of fused-ring (bicyclic) bond motifs is 4. The maximum atomic E-state index is 5.10. The predicted molar refractivity (Wildman–Crippen MR) is 215 cm³/mol. The minimum Gasteiger partial charge on any atom is -0.309 e. The second-order valence-corrected chi connectivity index (χ2v) is 13.1. The van der Waals surface area contributed by atoms with Crippen molar-refractivity contribution >= 4 is 43.1 Å². The summed E-state index contributed by atoms with van der Waals surface area (Å²) in [7, 11) is 0. The Hall–Kier alpha value is -6.77. The molecule has 0 bridgehead atoms. The van der Waals surface area contributed by atoms with Crippen molar-refractivity contribution in [1.29, 1.82) is 0 Å². The number of aromatic nitrogens is 2. The zero-order valence-corrected chi connectivity index (χ0v) is 27.9. The first kappa shape index (κ1) is 29.2. The molecule has 0 aliphatic carbocycles. The largest absolute Gasteiger partial charge is 0.309 e. The van der Waals surface area contributed by atoms with Crippen LogP contribution in [0.1, 0.15) is 0 Å². The third kappa shape index (κ3) is 4.76. The summed E-state index contributed by atoms with van der Waals surface area (Å²) in [6, 6.07) is 67.9. The van der Waals surface area contributed by atoms with Gasteiger partial charge in [0.05, 0.1) is 17.1 Å². The van der Waals surface area contributed by atoms with Gasteiger partial charge in [0, 0.05) is 22.8 Å². The smallest absolute Gasteiger partial charge is 0.0792 e. The molecule has 2 nitrogen and oxygen atoms in total. The van der Waals surface area contributed by atoms with Crippen molar-refractivity contribution in [3.8, 4) is 50.6 Å². The highest BCUT2D eigenvalue weighted by Gasteiger charge is 2.22. The summed E-state index contributed by atoms with van der Waals surface area (Å²) in [5, 5.41) is 9.58. The van der Waals surface area contributed by atoms with Crippen molar-refractivity contribution in [2.24, 2.45) is 0 Å². The zero-order valence-electron chi connectivity index (χ0n) is 27.9.